The zero-order valence-corrected chi connectivity index (χ0v) is 10.7. The predicted molar refractivity (Wildman–Crippen MR) is 60.8 cm³/mol. The molecular weight excluding hydrogens is 286 g/mol. The Bertz CT molecular complexity index is 229. The molecule has 0 aromatic heterocycles. The number of hydrogen-bond acceptors (Lipinski definition) is 4. The zero-order chi connectivity index (χ0) is 11.9. The van der Waals surface area contributed by atoms with Crippen LogP contribution in [0.5, 0.6) is 0 Å². The molecule has 0 unspecified atom stereocenters. The summed E-state index contributed by atoms with van der Waals surface area (Å²) in [4.78, 5) is 21.2. The van der Waals surface area contributed by atoms with Crippen molar-refractivity contribution >= 4 is 58.7 Å². The quantitative estimate of drug-likeness (QED) is 0.367. The van der Waals surface area contributed by atoms with Crippen molar-refractivity contribution in [2.75, 3.05) is 13.2 Å². The van der Waals surface area contributed by atoms with Gasteiger partial charge in [-0.25, -0.2) is 4.79 Å². The third-order valence-electron chi connectivity index (χ3n) is 1.11. The molecule has 0 heterocycles. The number of carbonyl (C=O) groups is 2. The Kier molecular flexibility index (Phi) is 7.52. The highest BCUT2D eigenvalue weighted by Gasteiger charge is 2.22. The van der Waals surface area contributed by atoms with Crippen LogP contribution in [-0.2, 0) is 14.3 Å². The van der Waals surface area contributed by atoms with E-state index in [1.165, 1.54) is 0 Å². The summed E-state index contributed by atoms with van der Waals surface area (Å²) in [5, 5.41) is -0.270. The lowest BCUT2D eigenvalue weighted by Crippen LogP contribution is -2.18. The van der Waals surface area contributed by atoms with Crippen LogP contribution in [0.25, 0.3) is 0 Å². The van der Waals surface area contributed by atoms with Crippen LogP contribution >= 0.6 is 47.4 Å². The Balaban J connectivity index is 3.46. The SMILES string of the molecule is O=C(S)CCCOC(=O)OCC(Cl)(Cl)Cl. The van der Waals surface area contributed by atoms with Gasteiger partial charge in [-0.1, -0.05) is 34.8 Å². The van der Waals surface area contributed by atoms with Gasteiger partial charge in [0.05, 0.1) is 6.61 Å². The zero-order valence-electron chi connectivity index (χ0n) is 7.54. The average molecular weight is 296 g/mol. The Labute approximate surface area is 108 Å². The molecule has 0 aromatic carbocycles. The summed E-state index contributed by atoms with van der Waals surface area (Å²) in [6, 6.07) is 0. The molecule has 0 spiro atoms. The molecule has 0 amide bonds. The molecule has 15 heavy (non-hydrogen) atoms. The predicted octanol–water partition coefficient (Wildman–Crippen LogP) is 2.75. The largest absolute Gasteiger partial charge is 0.508 e. The summed E-state index contributed by atoms with van der Waals surface area (Å²) < 4.78 is 7.36. The lowest BCUT2D eigenvalue weighted by Gasteiger charge is -2.10. The van der Waals surface area contributed by atoms with Crippen LogP contribution in [0.15, 0.2) is 0 Å². The van der Waals surface area contributed by atoms with Gasteiger partial charge in [0.15, 0.2) is 5.12 Å². The van der Waals surface area contributed by atoms with E-state index in [1.54, 1.807) is 0 Å². The second-order valence-electron chi connectivity index (χ2n) is 2.50. The third kappa shape index (κ3) is 12.1. The van der Waals surface area contributed by atoms with Crippen molar-refractivity contribution in [2.45, 2.75) is 16.6 Å². The van der Waals surface area contributed by atoms with Crippen molar-refractivity contribution < 1.29 is 19.1 Å². The van der Waals surface area contributed by atoms with Crippen molar-refractivity contribution in [3.8, 4) is 0 Å². The molecule has 0 fully saturated rings. The minimum Gasteiger partial charge on any atom is -0.434 e. The maximum absolute atomic E-state index is 10.8. The first-order chi connectivity index (χ1) is 6.81. The van der Waals surface area contributed by atoms with Gasteiger partial charge in [0.25, 0.3) is 0 Å². The maximum atomic E-state index is 10.8. The number of rotatable bonds is 5. The second kappa shape index (κ2) is 7.44. The summed E-state index contributed by atoms with van der Waals surface area (Å²) in [7, 11) is 0. The summed E-state index contributed by atoms with van der Waals surface area (Å²) in [5.41, 5.74) is 0. The van der Waals surface area contributed by atoms with Gasteiger partial charge in [0, 0.05) is 6.42 Å². The fourth-order valence-electron chi connectivity index (χ4n) is 0.561. The Hall–Kier alpha value is 0.160. The minimum atomic E-state index is -1.65. The Morgan fingerprint density at radius 2 is 1.80 bits per heavy atom. The monoisotopic (exact) mass is 294 g/mol. The molecule has 4 nitrogen and oxygen atoms in total. The van der Waals surface area contributed by atoms with Crippen LogP contribution in [0.4, 0.5) is 4.79 Å². The van der Waals surface area contributed by atoms with Crippen molar-refractivity contribution in [3.63, 3.8) is 0 Å². The smallest absolute Gasteiger partial charge is 0.434 e. The van der Waals surface area contributed by atoms with E-state index in [4.69, 9.17) is 34.8 Å². The first-order valence-corrected chi connectivity index (χ1v) is 5.47. The highest BCUT2D eigenvalue weighted by molar-refractivity contribution is 7.96. The maximum Gasteiger partial charge on any atom is 0.508 e. The molecule has 88 valence electrons. The summed E-state index contributed by atoms with van der Waals surface area (Å²) in [6.07, 6.45) is -0.334. The van der Waals surface area contributed by atoms with Crippen LogP contribution in [0, 0.1) is 0 Å². The number of thiol groups is 1. The van der Waals surface area contributed by atoms with E-state index in [9.17, 15) is 9.59 Å². The van der Waals surface area contributed by atoms with E-state index < -0.39 is 9.95 Å². The standard InChI is InChI=1S/C7H9Cl3O4S/c8-7(9,10)4-14-6(12)13-3-1-2-5(11)15/h1-4H2,(H,11,15). The fourth-order valence-corrected chi connectivity index (χ4v) is 0.883. The molecule has 0 saturated heterocycles. The van der Waals surface area contributed by atoms with E-state index in [-0.39, 0.29) is 24.7 Å². The highest BCUT2D eigenvalue weighted by Crippen LogP contribution is 2.25. The average Bonchev–Trinajstić information content (AvgIpc) is 2.07. The summed E-state index contributed by atoms with van der Waals surface area (Å²) in [5.74, 6) is 0. The number of alkyl halides is 3. The molecule has 0 bridgehead atoms. The molecule has 0 N–H and O–H groups in total. The molecule has 0 rings (SSSR count). The van der Waals surface area contributed by atoms with Gasteiger partial charge in [-0.05, 0) is 6.42 Å². The van der Waals surface area contributed by atoms with E-state index in [2.05, 4.69) is 22.1 Å². The van der Waals surface area contributed by atoms with E-state index in [0.29, 0.717) is 6.42 Å². The third-order valence-corrected chi connectivity index (χ3v) is 1.66. The van der Waals surface area contributed by atoms with Gasteiger partial charge in [-0.15, -0.1) is 12.6 Å². The summed E-state index contributed by atoms with van der Waals surface area (Å²) >= 11 is 19.5. The molecule has 8 heteroatoms. The highest BCUT2D eigenvalue weighted by atomic mass is 35.6. The van der Waals surface area contributed by atoms with E-state index in [0.717, 1.165) is 0 Å². The normalized spacial score (nSPS) is 10.9. The molecule has 0 atom stereocenters. The summed E-state index contributed by atoms with van der Waals surface area (Å²) in [6.45, 7) is -0.326. The topological polar surface area (TPSA) is 52.6 Å². The van der Waals surface area contributed by atoms with Crippen molar-refractivity contribution in [1.29, 1.82) is 0 Å². The van der Waals surface area contributed by atoms with Crippen LogP contribution in [-0.4, -0.2) is 28.3 Å². The molecule has 0 aliphatic rings. The van der Waals surface area contributed by atoms with Gasteiger partial charge in [0.1, 0.15) is 6.61 Å². The lowest BCUT2D eigenvalue weighted by atomic mass is 10.3. The van der Waals surface area contributed by atoms with Gasteiger partial charge in [-0.2, -0.15) is 0 Å². The van der Waals surface area contributed by atoms with Crippen LogP contribution in [0.2, 0.25) is 0 Å². The fraction of sp³-hybridized carbons (Fsp3) is 0.714. The molecular formula is C7H9Cl3O4S. The second-order valence-corrected chi connectivity index (χ2v) is 5.51. The molecule has 0 radical (unpaired) electrons. The number of halogens is 3. The van der Waals surface area contributed by atoms with Gasteiger partial charge < -0.3 is 9.47 Å². The lowest BCUT2D eigenvalue weighted by molar-refractivity contribution is -0.111. The molecule has 0 saturated carbocycles. The van der Waals surface area contributed by atoms with E-state index >= 15 is 0 Å². The first-order valence-electron chi connectivity index (χ1n) is 3.89. The Morgan fingerprint density at radius 1 is 1.20 bits per heavy atom. The number of ether oxygens (including phenoxy) is 2. The van der Waals surface area contributed by atoms with Crippen molar-refractivity contribution in [2.24, 2.45) is 0 Å². The van der Waals surface area contributed by atoms with Gasteiger partial charge in [-0.3, -0.25) is 4.79 Å². The van der Waals surface area contributed by atoms with Crippen LogP contribution in [0.1, 0.15) is 12.8 Å². The first kappa shape index (κ1) is 15.2. The van der Waals surface area contributed by atoms with Gasteiger partial charge >= 0.3 is 6.16 Å². The number of hydrogen-bond donors (Lipinski definition) is 1. The molecule has 0 aliphatic carbocycles. The molecule has 0 aliphatic heterocycles. The molecule has 0 aromatic rings. The van der Waals surface area contributed by atoms with Crippen molar-refractivity contribution in [3.05, 3.63) is 0 Å². The van der Waals surface area contributed by atoms with Gasteiger partial charge in [0.2, 0.25) is 3.79 Å². The van der Waals surface area contributed by atoms with Crippen LogP contribution < -0.4 is 0 Å². The van der Waals surface area contributed by atoms with E-state index in [1.807, 2.05) is 0 Å². The van der Waals surface area contributed by atoms with Crippen molar-refractivity contribution in [1.82, 2.24) is 0 Å². The Morgan fingerprint density at radius 3 is 2.27 bits per heavy atom. The number of carbonyl (C=O) groups excluding carboxylic acids is 2. The van der Waals surface area contributed by atoms with Crippen LogP contribution in [0.3, 0.4) is 0 Å². The minimum absolute atomic E-state index is 0.0605.